The molecule has 0 saturated heterocycles. The first-order valence-corrected chi connectivity index (χ1v) is 10.7. The lowest BCUT2D eigenvalue weighted by Crippen LogP contribution is -2.03. The Morgan fingerprint density at radius 3 is 2.87 bits per heavy atom. The van der Waals surface area contributed by atoms with Crippen LogP contribution in [0.2, 0.25) is 0 Å². The number of thiophene rings is 1. The molecule has 31 heavy (non-hydrogen) atoms. The first-order chi connectivity index (χ1) is 15.2. The summed E-state index contributed by atoms with van der Waals surface area (Å²) in [4.78, 5) is 11.6. The van der Waals surface area contributed by atoms with E-state index >= 15 is 0 Å². The minimum absolute atomic E-state index is 0.516. The van der Waals surface area contributed by atoms with Crippen LogP contribution < -0.4 is 5.32 Å². The molecular formula is C22H18N8S. The normalized spacial score (nSPS) is 12.9. The van der Waals surface area contributed by atoms with E-state index in [9.17, 15) is 0 Å². The Morgan fingerprint density at radius 1 is 1.10 bits per heavy atom. The van der Waals surface area contributed by atoms with Gasteiger partial charge in [0.2, 0.25) is 5.95 Å². The summed E-state index contributed by atoms with van der Waals surface area (Å²) >= 11 is 1.83. The third-order valence-electron chi connectivity index (χ3n) is 5.21. The van der Waals surface area contributed by atoms with Crippen molar-refractivity contribution in [2.24, 2.45) is 7.05 Å². The average molecular weight is 427 g/mol. The second kappa shape index (κ2) is 7.13. The predicted molar refractivity (Wildman–Crippen MR) is 120 cm³/mol. The fraction of sp³-hybridized carbons (Fsp3) is 0.136. The highest BCUT2D eigenvalue weighted by molar-refractivity contribution is 7.13. The smallest absolute Gasteiger partial charge is 0.228 e. The highest BCUT2D eigenvalue weighted by Crippen LogP contribution is 2.36. The van der Waals surface area contributed by atoms with Gasteiger partial charge in [-0.3, -0.25) is 9.08 Å². The van der Waals surface area contributed by atoms with Crippen LogP contribution in [0.4, 0.5) is 11.8 Å². The van der Waals surface area contributed by atoms with Gasteiger partial charge in [0.15, 0.2) is 5.65 Å². The highest BCUT2D eigenvalue weighted by Gasteiger charge is 2.15. The Kier molecular flexibility index (Phi) is 4.13. The Morgan fingerprint density at radius 2 is 2.03 bits per heavy atom. The molecule has 5 aromatic rings. The molecule has 8 nitrogen and oxygen atoms in total. The van der Waals surface area contributed by atoms with Crippen molar-refractivity contribution in [2.45, 2.75) is 12.8 Å². The van der Waals surface area contributed by atoms with E-state index in [2.05, 4.69) is 48.8 Å². The van der Waals surface area contributed by atoms with Crippen LogP contribution in [0, 0.1) is 0 Å². The standard InChI is InChI=1S/C22H18N8S/c1-29-19(7-10-24-29)26-22-23-9-6-17(25-22)15-8-11-30-20(12-15)27-28-21(30)13-16-4-5-18(31-16)14-2-3-14/h2,4-12H,3,13H2,1H3,(H,23,25,26). The van der Waals surface area contributed by atoms with Crippen molar-refractivity contribution < 1.29 is 0 Å². The van der Waals surface area contributed by atoms with Crippen LogP contribution in [0.3, 0.4) is 0 Å². The second-order valence-corrected chi connectivity index (χ2v) is 8.53. The number of allylic oxidation sites excluding steroid dienone is 2. The van der Waals surface area contributed by atoms with E-state index < -0.39 is 0 Å². The zero-order valence-corrected chi connectivity index (χ0v) is 17.5. The molecule has 0 unspecified atom stereocenters. The quantitative estimate of drug-likeness (QED) is 0.440. The van der Waals surface area contributed by atoms with Crippen LogP contribution in [0.5, 0.6) is 0 Å². The van der Waals surface area contributed by atoms with Crippen LogP contribution in [-0.2, 0) is 13.5 Å². The molecule has 1 aliphatic rings. The fourth-order valence-electron chi connectivity index (χ4n) is 3.46. The molecule has 0 aromatic carbocycles. The van der Waals surface area contributed by atoms with Crippen LogP contribution in [0.1, 0.15) is 22.0 Å². The Balaban J connectivity index is 1.26. The summed E-state index contributed by atoms with van der Waals surface area (Å²) in [5, 5.41) is 16.1. The zero-order valence-electron chi connectivity index (χ0n) is 16.7. The van der Waals surface area contributed by atoms with Crippen molar-refractivity contribution >= 4 is 34.3 Å². The van der Waals surface area contributed by atoms with Gasteiger partial charge in [0.1, 0.15) is 11.6 Å². The maximum absolute atomic E-state index is 4.64. The van der Waals surface area contributed by atoms with Gasteiger partial charge in [-0.05, 0) is 42.3 Å². The summed E-state index contributed by atoms with van der Waals surface area (Å²) in [6.45, 7) is 0. The van der Waals surface area contributed by atoms with E-state index in [1.54, 1.807) is 17.1 Å². The zero-order chi connectivity index (χ0) is 20.8. The third kappa shape index (κ3) is 3.49. The molecule has 0 aliphatic heterocycles. The lowest BCUT2D eigenvalue weighted by Gasteiger charge is -2.07. The Labute approximate surface area is 181 Å². The van der Waals surface area contributed by atoms with Crippen molar-refractivity contribution in [1.29, 1.82) is 0 Å². The van der Waals surface area contributed by atoms with Crippen LogP contribution in [0.15, 0.2) is 61.1 Å². The Hall–Kier alpha value is -3.85. The van der Waals surface area contributed by atoms with E-state index in [1.165, 1.54) is 15.3 Å². The summed E-state index contributed by atoms with van der Waals surface area (Å²) < 4.78 is 3.77. The molecule has 5 aromatic heterocycles. The number of aryl methyl sites for hydroxylation is 1. The van der Waals surface area contributed by atoms with Crippen molar-refractivity contribution in [3.05, 3.63) is 76.6 Å². The maximum atomic E-state index is 4.64. The van der Waals surface area contributed by atoms with Crippen molar-refractivity contribution in [3.8, 4) is 11.3 Å². The van der Waals surface area contributed by atoms with E-state index in [0.29, 0.717) is 5.95 Å². The molecular weight excluding hydrogens is 408 g/mol. The van der Waals surface area contributed by atoms with Gasteiger partial charge in [0.25, 0.3) is 0 Å². The average Bonchev–Trinajstić information content (AvgIpc) is 3.20. The molecule has 0 bridgehead atoms. The summed E-state index contributed by atoms with van der Waals surface area (Å²) in [6.07, 6.45) is 9.62. The highest BCUT2D eigenvalue weighted by atomic mass is 32.1. The monoisotopic (exact) mass is 426 g/mol. The van der Waals surface area contributed by atoms with E-state index in [4.69, 9.17) is 0 Å². The van der Waals surface area contributed by atoms with Gasteiger partial charge in [-0.15, -0.1) is 21.5 Å². The minimum atomic E-state index is 0.516. The van der Waals surface area contributed by atoms with Gasteiger partial charge < -0.3 is 5.32 Å². The summed E-state index contributed by atoms with van der Waals surface area (Å²) in [7, 11) is 1.86. The molecule has 6 rings (SSSR count). The number of hydrogen-bond donors (Lipinski definition) is 1. The second-order valence-electron chi connectivity index (χ2n) is 7.37. The molecule has 152 valence electrons. The van der Waals surface area contributed by atoms with Gasteiger partial charge in [0, 0.05) is 47.2 Å². The van der Waals surface area contributed by atoms with Gasteiger partial charge in [-0.1, -0.05) is 6.08 Å². The van der Waals surface area contributed by atoms with Gasteiger partial charge in [-0.2, -0.15) is 5.10 Å². The van der Waals surface area contributed by atoms with E-state index in [0.717, 1.165) is 41.4 Å². The van der Waals surface area contributed by atoms with Crippen molar-refractivity contribution in [1.82, 2.24) is 34.3 Å². The SMILES string of the molecule is Cn1nccc1Nc1nccc(-c2ccn3c(Cc4ccc(C5=CC5)s4)nnc3c2)n1. The molecule has 1 aliphatic carbocycles. The maximum Gasteiger partial charge on any atom is 0.228 e. The van der Waals surface area contributed by atoms with Crippen molar-refractivity contribution in [2.75, 3.05) is 5.32 Å². The third-order valence-corrected chi connectivity index (χ3v) is 6.37. The topological polar surface area (TPSA) is 85.8 Å². The van der Waals surface area contributed by atoms with E-state index in [-0.39, 0.29) is 0 Å². The number of anilines is 2. The van der Waals surface area contributed by atoms with Gasteiger partial charge in [-0.25, -0.2) is 9.97 Å². The number of pyridine rings is 1. The van der Waals surface area contributed by atoms with Crippen LogP contribution in [-0.4, -0.2) is 34.3 Å². The lowest BCUT2D eigenvalue weighted by molar-refractivity contribution is 0.775. The van der Waals surface area contributed by atoms with Crippen LogP contribution >= 0.6 is 11.3 Å². The number of aromatic nitrogens is 7. The molecule has 0 fully saturated rings. The largest absolute Gasteiger partial charge is 0.309 e. The lowest BCUT2D eigenvalue weighted by atomic mass is 10.2. The van der Waals surface area contributed by atoms with E-state index in [1.807, 2.05) is 53.2 Å². The number of rotatable bonds is 6. The van der Waals surface area contributed by atoms with Gasteiger partial charge >= 0.3 is 0 Å². The molecule has 9 heteroatoms. The Bertz CT molecular complexity index is 1440. The van der Waals surface area contributed by atoms with Gasteiger partial charge in [0.05, 0.1) is 11.9 Å². The number of nitrogens with one attached hydrogen (secondary N) is 1. The molecule has 1 N–H and O–H groups in total. The fourth-order valence-corrected chi connectivity index (χ4v) is 4.52. The molecule has 0 amide bonds. The van der Waals surface area contributed by atoms with Crippen molar-refractivity contribution in [3.63, 3.8) is 0 Å². The van der Waals surface area contributed by atoms with Crippen LogP contribution in [0.25, 0.3) is 22.5 Å². The molecule has 0 spiro atoms. The summed E-state index contributed by atoms with van der Waals surface area (Å²) in [6, 6.07) is 12.2. The molecule has 5 heterocycles. The molecule has 0 atom stereocenters. The summed E-state index contributed by atoms with van der Waals surface area (Å²) in [5.41, 5.74) is 4.02. The molecule has 0 radical (unpaired) electrons. The number of fused-ring (bicyclic) bond motifs is 1. The number of nitrogens with zero attached hydrogens (tertiary/aromatic N) is 7. The summed E-state index contributed by atoms with van der Waals surface area (Å²) in [5.74, 6) is 2.27. The number of hydrogen-bond acceptors (Lipinski definition) is 7. The molecule has 0 saturated carbocycles. The first kappa shape index (κ1) is 18.0. The predicted octanol–water partition coefficient (Wildman–Crippen LogP) is 4.10. The first-order valence-electron chi connectivity index (χ1n) is 9.93. The minimum Gasteiger partial charge on any atom is -0.309 e.